The summed E-state index contributed by atoms with van der Waals surface area (Å²) in [7, 11) is 0. The zero-order valence-electron chi connectivity index (χ0n) is 10.1. The fourth-order valence-corrected chi connectivity index (χ4v) is 0.565. The molecule has 0 aliphatic carbocycles. The fourth-order valence-electron chi connectivity index (χ4n) is 0.565. The van der Waals surface area contributed by atoms with E-state index >= 15 is 0 Å². The molecule has 0 saturated heterocycles. The monoisotopic (exact) mass is 226 g/mol. The minimum atomic E-state index is -0.798. The molecule has 0 aliphatic heterocycles. The number of azo groups is 1. The van der Waals surface area contributed by atoms with Gasteiger partial charge in [-0.15, -0.1) is 0 Å². The Bertz CT molecular complexity index is 275. The van der Waals surface area contributed by atoms with Gasteiger partial charge in [0, 0.05) is 0 Å². The van der Waals surface area contributed by atoms with E-state index in [4.69, 9.17) is 21.0 Å². The van der Waals surface area contributed by atoms with Crippen molar-refractivity contribution >= 4 is 0 Å². The Morgan fingerprint density at radius 1 is 0.938 bits per heavy atom. The number of hydrogen-bond acceptors (Lipinski definition) is 6. The lowest BCUT2D eigenvalue weighted by Crippen LogP contribution is -2.22. The third-order valence-corrected chi connectivity index (χ3v) is 2.35. The molecule has 0 rings (SSSR count). The third-order valence-electron chi connectivity index (χ3n) is 2.35. The Hall–Kier alpha value is -1.50. The van der Waals surface area contributed by atoms with Crippen molar-refractivity contribution in [1.82, 2.24) is 0 Å². The highest BCUT2D eigenvalue weighted by Crippen LogP contribution is 2.20. The Balaban J connectivity index is 0. The van der Waals surface area contributed by atoms with Crippen molar-refractivity contribution in [1.29, 1.82) is 10.5 Å². The van der Waals surface area contributed by atoms with Crippen molar-refractivity contribution in [2.75, 3.05) is 0 Å². The van der Waals surface area contributed by atoms with E-state index in [9.17, 15) is 0 Å². The molecule has 6 heteroatoms. The molecule has 0 bridgehead atoms. The van der Waals surface area contributed by atoms with Crippen molar-refractivity contribution in [2.45, 2.75) is 51.6 Å². The first-order valence-corrected chi connectivity index (χ1v) is 4.92. The summed E-state index contributed by atoms with van der Waals surface area (Å²) in [5, 5.41) is 37.6. The molecule has 0 aromatic carbocycles. The summed E-state index contributed by atoms with van der Waals surface area (Å²) in [4.78, 5) is 0. The van der Waals surface area contributed by atoms with Crippen LogP contribution in [0.1, 0.15) is 40.5 Å². The van der Waals surface area contributed by atoms with Gasteiger partial charge >= 0.3 is 0 Å². The molecule has 2 N–H and O–H groups in total. The molecule has 2 unspecified atom stereocenters. The molecule has 0 aromatic rings. The molecule has 0 heterocycles. The van der Waals surface area contributed by atoms with Crippen LogP contribution in [0.3, 0.4) is 0 Å². The summed E-state index contributed by atoms with van der Waals surface area (Å²) in [5.74, 6) is 0. The zero-order chi connectivity index (χ0) is 13.2. The van der Waals surface area contributed by atoms with Crippen molar-refractivity contribution in [3.63, 3.8) is 0 Å². The van der Waals surface area contributed by atoms with Gasteiger partial charge in [-0.2, -0.15) is 20.8 Å². The Morgan fingerprint density at radius 2 is 1.19 bits per heavy atom. The van der Waals surface area contributed by atoms with Gasteiger partial charge in [0.05, 0.1) is 12.1 Å². The smallest absolute Gasteiger partial charge is 0.164 e. The maximum Gasteiger partial charge on any atom is 0.164 e. The first-order chi connectivity index (χ1) is 7.45. The number of hydrogen-bond donors (Lipinski definition) is 2. The average Bonchev–Trinajstić information content (AvgIpc) is 2.38. The number of rotatable bonds is 4. The van der Waals surface area contributed by atoms with Gasteiger partial charge < -0.3 is 0 Å². The lowest BCUT2D eigenvalue weighted by Gasteiger charge is -2.16. The third kappa shape index (κ3) is 5.40. The van der Waals surface area contributed by atoms with Crippen LogP contribution in [0, 0.1) is 22.7 Å². The fraction of sp³-hybridized carbons (Fsp3) is 0.800. The van der Waals surface area contributed by atoms with E-state index in [2.05, 4.69) is 22.4 Å². The molecule has 0 amide bonds. The normalized spacial score (nSPS) is 17.2. The minimum Gasteiger partial charge on any atom is -0.255 e. The van der Waals surface area contributed by atoms with Crippen LogP contribution in [0.25, 0.3) is 0 Å². The van der Waals surface area contributed by atoms with Gasteiger partial charge in [0.1, 0.15) is 0 Å². The molecular weight excluding hydrogens is 208 g/mol. The number of nitriles is 2. The molecule has 6 nitrogen and oxygen atoms in total. The molecule has 0 fully saturated rings. The van der Waals surface area contributed by atoms with Crippen LogP contribution in [0.5, 0.6) is 0 Å². The van der Waals surface area contributed by atoms with Gasteiger partial charge in [-0.1, -0.05) is 13.8 Å². The summed E-state index contributed by atoms with van der Waals surface area (Å²) in [5.41, 5.74) is -1.60. The molecule has 0 spiro atoms. The van der Waals surface area contributed by atoms with Gasteiger partial charge in [-0.05, 0) is 26.7 Å². The molecule has 0 aromatic heterocycles. The van der Waals surface area contributed by atoms with E-state index in [-0.39, 0.29) is 0 Å². The van der Waals surface area contributed by atoms with Crippen LogP contribution in [0.2, 0.25) is 0 Å². The predicted octanol–water partition coefficient (Wildman–Crippen LogP) is 2.84. The van der Waals surface area contributed by atoms with Crippen molar-refractivity contribution in [2.24, 2.45) is 10.2 Å². The van der Waals surface area contributed by atoms with Crippen molar-refractivity contribution in [3.8, 4) is 12.1 Å². The minimum absolute atomic E-state index is 0.595. The van der Waals surface area contributed by atoms with Crippen LogP contribution in [-0.2, 0) is 0 Å². The Labute approximate surface area is 95.8 Å². The van der Waals surface area contributed by atoms with E-state index in [0.29, 0.717) is 12.8 Å². The summed E-state index contributed by atoms with van der Waals surface area (Å²) < 4.78 is 0. The molecular formula is C10H18N4O2. The largest absolute Gasteiger partial charge is 0.255 e. The SMILES string of the molecule is CCC(C)(C#N)N=NC(C)(C#N)CC.OO. The van der Waals surface area contributed by atoms with Gasteiger partial charge in [0.25, 0.3) is 0 Å². The van der Waals surface area contributed by atoms with Crippen LogP contribution in [-0.4, -0.2) is 21.6 Å². The zero-order valence-corrected chi connectivity index (χ0v) is 10.1. The quantitative estimate of drug-likeness (QED) is 0.436. The lowest BCUT2D eigenvalue weighted by molar-refractivity contribution is -0.176. The van der Waals surface area contributed by atoms with Gasteiger partial charge in [0.15, 0.2) is 11.1 Å². The van der Waals surface area contributed by atoms with Crippen LogP contribution in [0.4, 0.5) is 0 Å². The van der Waals surface area contributed by atoms with E-state index in [1.165, 1.54) is 0 Å². The van der Waals surface area contributed by atoms with Crippen molar-refractivity contribution in [3.05, 3.63) is 0 Å². The highest BCUT2D eigenvalue weighted by atomic mass is 17.0. The second kappa shape index (κ2) is 7.75. The Morgan fingerprint density at radius 3 is 1.31 bits per heavy atom. The molecule has 0 radical (unpaired) electrons. The first kappa shape index (κ1) is 16.9. The molecule has 0 saturated carbocycles. The van der Waals surface area contributed by atoms with Crippen molar-refractivity contribution < 1.29 is 10.5 Å². The number of nitrogens with zero attached hydrogens (tertiary/aromatic N) is 4. The van der Waals surface area contributed by atoms with E-state index in [1.54, 1.807) is 13.8 Å². The van der Waals surface area contributed by atoms with E-state index < -0.39 is 11.1 Å². The summed E-state index contributed by atoms with van der Waals surface area (Å²) in [6.45, 7) is 7.17. The highest BCUT2D eigenvalue weighted by Gasteiger charge is 2.25. The molecule has 0 aliphatic rings. The predicted molar refractivity (Wildman–Crippen MR) is 58.7 cm³/mol. The molecule has 16 heavy (non-hydrogen) atoms. The van der Waals surface area contributed by atoms with Crippen LogP contribution >= 0.6 is 0 Å². The highest BCUT2D eigenvalue weighted by molar-refractivity contribution is 5.06. The van der Waals surface area contributed by atoms with Crippen LogP contribution < -0.4 is 0 Å². The summed E-state index contributed by atoms with van der Waals surface area (Å²) in [6, 6.07) is 4.16. The lowest BCUT2D eigenvalue weighted by atomic mass is 10.0. The standard InChI is InChI=1S/C10H16N4.H2O2/c1-5-9(3,7-11)13-14-10(4,6-2)8-12;1-2/h5-6H2,1-4H3;1-2H. The summed E-state index contributed by atoms with van der Waals surface area (Å²) in [6.07, 6.45) is 1.19. The molecule has 2 atom stereocenters. The summed E-state index contributed by atoms with van der Waals surface area (Å²) >= 11 is 0. The van der Waals surface area contributed by atoms with Gasteiger partial charge in [0.2, 0.25) is 0 Å². The Kier molecular flexibility index (Phi) is 8.19. The molecule has 90 valence electrons. The van der Waals surface area contributed by atoms with Gasteiger partial charge in [-0.3, -0.25) is 10.5 Å². The second-order valence-corrected chi connectivity index (χ2v) is 3.68. The average molecular weight is 226 g/mol. The maximum absolute atomic E-state index is 8.84. The van der Waals surface area contributed by atoms with Gasteiger partial charge in [-0.25, -0.2) is 0 Å². The van der Waals surface area contributed by atoms with E-state index in [0.717, 1.165) is 0 Å². The maximum atomic E-state index is 8.84. The van der Waals surface area contributed by atoms with E-state index in [1.807, 2.05) is 13.8 Å². The second-order valence-electron chi connectivity index (χ2n) is 3.68. The van der Waals surface area contributed by atoms with Crippen LogP contribution in [0.15, 0.2) is 10.2 Å². The topological polar surface area (TPSA) is 113 Å². The first-order valence-electron chi connectivity index (χ1n) is 4.92.